The van der Waals surface area contributed by atoms with E-state index in [1.165, 1.54) is 6.07 Å². The number of hydrogen-bond acceptors (Lipinski definition) is 4. The van der Waals surface area contributed by atoms with Crippen molar-refractivity contribution in [1.82, 2.24) is 0 Å². The molecule has 3 aromatic rings. The third-order valence-electron chi connectivity index (χ3n) is 7.02. The fourth-order valence-electron chi connectivity index (χ4n) is 4.57. The van der Waals surface area contributed by atoms with Gasteiger partial charge in [0.15, 0.2) is 11.6 Å². The lowest BCUT2D eigenvalue weighted by Gasteiger charge is -2.19. The van der Waals surface area contributed by atoms with Gasteiger partial charge in [0.2, 0.25) is 5.91 Å². The molecule has 0 saturated heterocycles. The average molecular weight is 772 g/mol. The van der Waals surface area contributed by atoms with Gasteiger partial charge >= 0.3 is 18.5 Å². The summed E-state index contributed by atoms with van der Waals surface area (Å²) in [4.78, 5) is 37.9. The Labute approximate surface area is 282 Å². The van der Waals surface area contributed by atoms with Gasteiger partial charge in [0, 0.05) is 23.6 Å². The second kappa shape index (κ2) is 13.6. The number of hydrogen-bond donors (Lipinski definition) is 2. The van der Waals surface area contributed by atoms with E-state index in [9.17, 15) is 58.3 Å². The quantitative estimate of drug-likeness (QED) is 0.160. The summed E-state index contributed by atoms with van der Waals surface area (Å²) in [5, 5.41) is 4.07. The fourth-order valence-corrected chi connectivity index (χ4v) is 5.60. The minimum atomic E-state index is -6.16. The van der Waals surface area contributed by atoms with Crippen LogP contribution in [-0.4, -0.2) is 40.8 Å². The molecule has 264 valence electrons. The summed E-state index contributed by atoms with van der Waals surface area (Å²) in [5.74, 6) is -10.8. The summed E-state index contributed by atoms with van der Waals surface area (Å²) in [7, 11) is 0. The first-order valence-electron chi connectivity index (χ1n) is 13.2. The van der Waals surface area contributed by atoms with Crippen LogP contribution in [-0.2, 0) is 26.9 Å². The first-order chi connectivity index (χ1) is 22.5. The molecule has 1 aliphatic carbocycles. The monoisotopic (exact) mass is 770 g/mol. The number of anilines is 2. The maximum atomic E-state index is 15.1. The zero-order valence-electron chi connectivity index (χ0n) is 23.6. The van der Waals surface area contributed by atoms with Crippen molar-refractivity contribution >= 4 is 63.8 Å². The van der Waals surface area contributed by atoms with Gasteiger partial charge < -0.3 is 15.4 Å². The molecule has 0 radical (unpaired) electrons. The molecule has 2 atom stereocenters. The topological polar surface area (TPSA) is 84.5 Å². The van der Waals surface area contributed by atoms with E-state index in [0.29, 0.717) is 24.3 Å². The van der Waals surface area contributed by atoms with Crippen molar-refractivity contribution in [3.63, 3.8) is 0 Å². The molecule has 2 amide bonds. The largest absolute Gasteiger partial charge is 0.482 e. The van der Waals surface area contributed by atoms with Gasteiger partial charge in [-0.25, -0.2) is 13.2 Å². The molecule has 0 spiro atoms. The molecule has 1 fully saturated rings. The predicted octanol–water partition coefficient (Wildman–Crippen LogP) is 8.84. The standard InChI is InChI=1S/C29H16Cl3F11N2O4/c30-17-3-2-12(44-25(48)22-21(26(22,31)32)11-1-4-19(34)16(7-11)27(36,37)38)8-14(17)24(47)45-20-6-5-18(33)15(23(20)35)9-13(46)10-49-29(42,43)28(39,40)41/h1-8,21-22H,9-10H2,(H,44,48)(H,45,47)/t21-,22+/m0/s1. The number of benzene rings is 3. The SMILES string of the molecule is O=C(COC(F)(F)C(F)(F)F)Cc1c(F)ccc(NC(=O)c2cc(NC(=O)[C@H]3[C@H](c4ccc(F)c(C(F)(F)F)c4)C3(Cl)Cl)ccc2Cl)c1F. The Morgan fingerprint density at radius 3 is 2.08 bits per heavy atom. The van der Waals surface area contributed by atoms with Gasteiger partial charge in [0.05, 0.1) is 27.8 Å². The number of Topliss-reactive ketones (excluding diaryl/α,β-unsaturated/α-hetero) is 1. The molecule has 0 bridgehead atoms. The van der Waals surface area contributed by atoms with E-state index >= 15 is 4.39 Å². The summed E-state index contributed by atoms with van der Waals surface area (Å²) in [6.07, 6.45) is -18.3. The molecule has 4 rings (SSSR count). The minimum Gasteiger partial charge on any atom is -0.326 e. The molecule has 20 heteroatoms. The van der Waals surface area contributed by atoms with Gasteiger partial charge in [-0.2, -0.15) is 35.1 Å². The number of amides is 2. The zero-order valence-corrected chi connectivity index (χ0v) is 25.9. The van der Waals surface area contributed by atoms with Crippen LogP contribution in [0.2, 0.25) is 5.02 Å². The van der Waals surface area contributed by atoms with E-state index in [2.05, 4.69) is 10.1 Å². The maximum absolute atomic E-state index is 15.1. The van der Waals surface area contributed by atoms with E-state index in [4.69, 9.17) is 34.8 Å². The molecule has 0 aliphatic heterocycles. The maximum Gasteiger partial charge on any atom is 0.482 e. The molecule has 0 heterocycles. The first kappa shape index (κ1) is 38.1. The lowest BCUT2D eigenvalue weighted by atomic mass is 10.0. The lowest BCUT2D eigenvalue weighted by Crippen LogP contribution is -2.40. The van der Waals surface area contributed by atoms with Crippen LogP contribution in [0.3, 0.4) is 0 Å². The van der Waals surface area contributed by atoms with Crippen molar-refractivity contribution in [2.24, 2.45) is 5.92 Å². The highest BCUT2D eigenvalue weighted by Gasteiger charge is 2.68. The highest BCUT2D eigenvalue weighted by Crippen LogP contribution is 2.65. The fraction of sp³-hybridized carbons (Fsp3) is 0.276. The normalized spacial score (nSPS) is 17.4. The molecular weight excluding hydrogens is 756 g/mol. The van der Waals surface area contributed by atoms with Crippen molar-refractivity contribution in [3.05, 3.63) is 93.3 Å². The molecule has 0 unspecified atom stereocenters. The average Bonchev–Trinajstić information content (AvgIpc) is 3.57. The third kappa shape index (κ3) is 8.22. The molecule has 1 aliphatic rings. The Kier molecular flexibility index (Phi) is 10.6. The molecule has 49 heavy (non-hydrogen) atoms. The summed E-state index contributed by atoms with van der Waals surface area (Å²) < 4.78 is 147. The van der Waals surface area contributed by atoms with Crippen molar-refractivity contribution in [2.75, 3.05) is 17.2 Å². The molecule has 1 saturated carbocycles. The van der Waals surface area contributed by atoms with Crippen molar-refractivity contribution in [2.45, 2.75) is 35.1 Å². The van der Waals surface area contributed by atoms with E-state index < -0.39 is 105 Å². The van der Waals surface area contributed by atoms with Gasteiger partial charge in [-0.05, 0) is 48.0 Å². The lowest BCUT2D eigenvalue weighted by molar-refractivity contribution is -0.388. The Morgan fingerprint density at radius 1 is 0.837 bits per heavy atom. The number of carbonyl (C=O) groups is 3. The van der Waals surface area contributed by atoms with Crippen LogP contribution in [0.15, 0.2) is 48.5 Å². The first-order valence-corrected chi connectivity index (χ1v) is 14.3. The van der Waals surface area contributed by atoms with Crippen molar-refractivity contribution < 1.29 is 67.4 Å². The molecule has 6 nitrogen and oxygen atoms in total. The summed E-state index contributed by atoms with van der Waals surface area (Å²) in [6, 6.07) is 6.49. The number of nitrogens with one attached hydrogen (secondary N) is 2. The Hall–Kier alpha value is -3.67. The van der Waals surface area contributed by atoms with Gasteiger partial charge in [-0.1, -0.05) is 17.7 Å². The molecule has 2 N–H and O–H groups in total. The number of halogens is 14. The highest BCUT2D eigenvalue weighted by molar-refractivity contribution is 6.53. The molecular formula is C29H16Cl3F11N2O4. The van der Waals surface area contributed by atoms with Crippen LogP contribution in [0.4, 0.5) is 59.7 Å². The third-order valence-corrected chi connectivity index (χ3v) is 8.29. The second-order valence-corrected chi connectivity index (χ2v) is 12.3. The number of ether oxygens (including phenoxy) is 1. The van der Waals surface area contributed by atoms with Crippen molar-refractivity contribution in [3.8, 4) is 0 Å². The van der Waals surface area contributed by atoms with Gasteiger partial charge in [0.1, 0.15) is 22.6 Å². The van der Waals surface area contributed by atoms with E-state index in [-0.39, 0.29) is 16.3 Å². The molecule has 3 aromatic carbocycles. The van der Waals surface area contributed by atoms with E-state index in [0.717, 1.165) is 18.2 Å². The number of rotatable bonds is 10. The van der Waals surface area contributed by atoms with Gasteiger partial charge in [-0.15, -0.1) is 23.2 Å². The number of alkyl halides is 10. The van der Waals surface area contributed by atoms with Crippen LogP contribution in [0.1, 0.15) is 33.0 Å². The van der Waals surface area contributed by atoms with Crippen LogP contribution in [0.25, 0.3) is 0 Å². The summed E-state index contributed by atoms with van der Waals surface area (Å²) in [6.45, 7) is -1.87. The van der Waals surface area contributed by atoms with Crippen LogP contribution in [0.5, 0.6) is 0 Å². The van der Waals surface area contributed by atoms with Gasteiger partial charge in [-0.3, -0.25) is 14.4 Å². The second-order valence-electron chi connectivity index (χ2n) is 10.4. The smallest absolute Gasteiger partial charge is 0.326 e. The Bertz CT molecular complexity index is 1820. The zero-order chi connectivity index (χ0) is 36.9. The Balaban J connectivity index is 1.48. The van der Waals surface area contributed by atoms with Crippen LogP contribution in [0, 0.1) is 23.4 Å². The van der Waals surface area contributed by atoms with Crippen LogP contribution < -0.4 is 10.6 Å². The van der Waals surface area contributed by atoms with E-state index in [1.807, 2.05) is 5.32 Å². The van der Waals surface area contributed by atoms with E-state index in [1.54, 1.807) is 0 Å². The van der Waals surface area contributed by atoms with Crippen LogP contribution >= 0.6 is 34.8 Å². The Morgan fingerprint density at radius 2 is 1.47 bits per heavy atom. The predicted molar refractivity (Wildman–Crippen MR) is 152 cm³/mol. The van der Waals surface area contributed by atoms with Crippen molar-refractivity contribution in [1.29, 1.82) is 0 Å². The number of ketones is 1. The number of carbonyl (C=O) groups excluding carboxylic acids is 3. The van der Waals surface area contributed by atoms with Gasteiger partial charge in [0.25, 0.3) is 5.91 Å². The minimum absolute atomic E-state index is 0.147. The molecule has 0 aromatic heterocycles. The summed E-state index contributed by atoms with van der Waals surface area (Å²) in [5.41, 5.74) is -4.28. The summed E-state index contributed by atoms with van der Waals surface area (Å²) >= 11 is 18.4. The highest BCUT2D eigenvalue weighted by atomic mass is 35.5.